The molecule has 2 heterocycles. The van der Waals surface area contributed by atoms with Gasteiger partial charge in [0.05, 0.1) is 13.2 Å². The minimum Gasteiger partial charge on any atom is -0.410 e. The number of carbonyl (C=O) groups excluding carboxylic acids is 1. The van der Waals surface area contributed by atoms with Crippen LogP contribution in [0.3, 0.4) is 0 Å². The van der Waals surface area contributed by atoms with E-state index in [0.717, 1.165) is 12.8 Å². The predicted molar refractivity (Wildman–Crippen MR) is 115 cm³/mol. The molecule has 0 N–H and O–H groups in total. The predicted octanol–water partition coefficient (Wildman–Crippen LogP) is 3.85. The standard InChI is InChI=1S/C24H20FN3O4/c25-16-3-1-2-15(12-16)22-20-13-18(32-24(30)27-8-10-31-11-9-27)6-7-19(20)23(29)28(17-4-5-17)21(22)14-26/h1-3,6-7,12-13,17H,4-5,8-11H2. The van der Waals surface area contributed by atoms with Gasteiger partial charge in [-0.25, -0.2) is 9.18 Å². The highest BCUT2D eigenvalue weighted by atomic mass is 19.1. The molecule has 1 aromatic heterocycles. The van der Waals surface area contributed by atoms with Crippen LogP contribution in [-0.2, 0) is 4.74 Å². The first-order valence-corrected chi connectivity index (χ1v) is 10.5. The minimum atomic E-state index is -0.508. The molecule has 5 rings (SSSR count). The number of nitrogens with zero attached hydrogens (tertiary/aromatic N) is 3. The second kappa shape index (κ2) is 8.09. The van der Waals surface area contributed by atoms with E-state index in [4.69, 9.17) is 9.47 Å². The number of amides is 1. The highest BCUT2D eigenvalue weighted by molar-refractivity contribution is 5.99. The van der Waals surface area contributed by atoms with E-state index in [9.17, 15) is 19.2 Å². The SMILES string of the molecule is N#Cc1c(-c2cccc(F)c2)c2cc(OC(=O)N3CCOCC3)ccc2c(=O)n1C1CC1. The fourth-order valence-corrected chi connectivity index (χ4v) is 4.10. The van der Waals surface area contributed by atoms with Crippen molar-refractivity contribution in [3.63, 3.8) is 0 Å². The van der Waals surface area contributed by atoms with Gasteiger partial charge in [-0.05, 0) is 48.7 Å². The van der Waals surface area contributed by atoms with E-state index in [1.807, 2.05) is 0 Å². The van der Waals surface area contributed by atoms with Crippen LogP contribution in [0, 0.1) is 17.1 Å². The van der Waals surface area contributed by atoms with Crippen LogP contribution in [0.1, 0.15) is 24.6 Å². The molecule has 2 aromatic carbocycles. The summed E-state index contributed by atoms with van der Waals surface area (Å²) in [7, 11) is 0. The number of ether oxygens (including phenoxy) is 2. The smallest absolute Gasteiger partial charge is 0.410 e. The Morgan fingerprint density at radius 2 is 1.91 bits per heavy atom. The lowest BCUT2D eigenvalue weighted by Crippen LogP contribution is -2.42. The molecule has 2 fully saturated rings. The minimum absolute atomic E-state index is 0.0346. The van der Waals surface area contributed by atoms with E-state index < -0.39 is 11.9 Å². The third kappa shape index (κ3) is 3.61. The van der Waals surface area contributed by atoms with Gasteiger partial charge in [-0.1, -0.05) is 12.1 Å². The number of morpholine rings is 1. The van der Waals surface area contributed by atoms with Crippen LogP contribution in [0.4, 0.5) is 9.18 Å². The third-order valence-corrected chi connectivity index (χ3v) is 5.79. The van der Waals surface area contributed by atoms with Gasteiger partial charge in [0.2, 0.25) is 0 Å². The van der Waals surface area contributed by atoms with Gasteiger partial charge in [0, 0.05) is 35.5 Å². The first-order chi connectivity index (χ1) is 15.6. The second-order valence-corrected chi connectivity index (χ2v) is 7.93. The molecular weight excluding hydrogens is 413 g/mol. The number of fused-ring (bicyclic) bond motifs is 1. The summed E-state index contributed by atoms with van der Waals surface area (Å²) in [5.41, 5.74) is 0.855. The summed E-state index contributed by atoms with van der Waals surface area (Å²) in [4.78, 5) is 27.3. The Hall–Kier alpha value is -3.70. The van der Waals surface area contributed by atoms with Crippen molar-refractivity contribution in [2.45, 2.75) is 18.9 Å². The molecule has 1 aliphatic carbocycles. The molecule has 1 aliphatic heterocycles. The fourth-order valence-electron chi connectivity index (χ4n) is 4.10. The Morgan fingerprint density at radius 3 is 2.59 bits per heavy atom. The van der Waals surface area contributed by atoms with Gasteiger partial charge in [-0.2, -0.15) is 5.26 Å². The van der Waals surface area contributed by atoms with Crippen LogP contribution in [0.5, 0.6) is 5.75 Å². The summed E-state index contributed by atoms with van der Waals surface area (Å²) in [6.07, 6.45) is 1.13. The number of carbonyl (C=O) groups is 1. The van der Waals surface area contributed by atoms with Crippen molar-refractivity contribution in [2.75, 3.05) is 26.3 Å². The molecule has 0 bridgehead atoms. The quantitative estimate of drug-likeness (QED) is 0.627. The molecule has 7 nitrogen and oxygen atoms in total. The summed E-state index contributed by atoms with van der Waals surface area (Å²) in [5, 5.41) is 10.8. The molecule has 2 aliphatic rings. The third-order valence-electron chi connectivity index (χ3n) is 5.79. The maximum Gasteiger partial charge on any atom is 0.415 e. The molecule has 0 atom stereocenters. The topological polar surface area (TPSA) is 84.6 Å². The Labute approximate surface area is 183 Å². The van der Waals surface area contributed by atoms with Crippen molar-refractivity contribution in [1.29, 1.82) is 5.26 Å². The van der Waals surface area contributed by atoms with Crippen molar-refractivity contribution in [3.05, 3.63) is 64.3 Å². The maximum atomic E-state index is 14.1. The summed E-state index contributed by atoms with van der Waals surface area (Å²) < 4.78 is 26.4. The number of halogens is 1. The normalized spacial score (nSPS) is 16.1. The molecular formula is C24H20FN3O4. The molecule has 162 valence electrons. The van der Waals surface area contributed by atoms with Crippen LogP contribution in [0.25, 0.3) is 21.9 Å². The Bertz CT molecular complexity index is 1320. The number of pyridine rings is 1. The molecule has 1 saturated heterocycles. The van der Waals surface area contributed by atoms with E-state index in [-0.39, 0.29) is 23.0 Å². The largest absolute Gasteiger partial charge is 0.415 e. The number of rotatable bonds is 3. The van der Waals surface area contributed by atoms with Gasteiger partial charge < -0.3 is 14.4 Å². The van der Waals surface area contributed by atoms with Gasteiger partial charge >= 0.3 is 6.09 Å². The van der Waals surface area contributed by atoms with E-state index in [0.29, 0.717) is 48.2 Å². The van der Waals surface area contributed by atoms with Crippen molar-refractivity contribution < 1.29 is 18.7 Å². The average Bonchev–Trinajstić information content (AvgIpc) is 3.64. The highest BCUT2D eigenvalue weighted by Crippen LogP contribution is 2.39. The van der Waals surface area contributed by atoms with Crippen molar-refractivity contribution >= 4 is 16.9 Å². The summed E-state index contributed by atoms with van der Waals surface area (Å²) >= 11 is 0. The lowest BCUT2D eigenvalue weighted by Gasteiger charge is -2.26. The zero-order valence-electron chi connectivity index (χ0n) is 17.2. The highest BCUT2D eigenvalue weighted by Gasteiger charge is 2.30. The molecule has 8 heteroatoms. The van der Waals surface area contributed by atoms with Crippen molar-refractivity contribution in [3.8, 4) is 22.9 Å². The average molecular weight is 433 g/mol. The second-order valence-electron chi connectivity index (χ2n) is 7.93. The van der Waals surface area contributed by atoms with E-state index in [1.165, 1.54) is 16.7 Å². The summed E-state index contributed by atoms with van der Waals surface area (Å²) in [5.74, 6) is -0.197. The van der Waals surface area contributed by atoms with Crippen LogP contribution in [-0.4, -0.2) is 41.9 Å². The lowest BCUT2D eigenvalue weighted by atomic mass is 9.96. The van der Waals surface area contributed by atoms with Crippen LogP contribution in [0.2, 0.25) is 0 Å². The molecule has 1 saturated carbocycles. The maximum absolute atomic E-state index is 14.1. The first-order valence-electron chi connectivity index (χ1n) is 10.5. The number of aromatic nitrogens is 1. The van der Waals surface area contributed by atoms with Gasteiger partial charge in [-0.15, -0.1) is 0 Å². The number of hydrogen-bond acceptors (Lipinski definition) is 5. The van der Waals surface area contributed by atoms with Crippen molar-refractivity contribution in [2.24, 2.45) is 0 Å². The van der Waals surface area contributed by atoms with Gasteiger partial charge in [-0.3, -0.25) is 9.36 Å². The van der Waals surface area contributed by atoms with Crippen molar-refractivity contribution in [1.82, 2.24) is 9.47 Å². The molecule has 32 heavy (non-hydrogen) atoms. The molecule has 3 aromatic rings. The van der Waals surface area contributed by atoms with Crippen LogP contribution < -0.4 is 10.3 Å². The van der Waals surface area contributed by atoms with Gasteiger partial charge in [0.1, 0.15) is 23.3 Å². The molecule has 0 spiro atoms. The number of hydrogen-bond donors (Lipinski definition) is 0. The summed E-state index contributed by atoms with van der Waals surface area (Å²) in [6, 6.07) is 12.8. The molecule has 0 radical (unpaired) electrons. The molecule has 0 unspecified atom stereocenters. The van der Waals surface area contributed by atoms with Crippen LogP contribution >= 0.6 is 0 Å². The van der Waals surface area contributed by atoms with Gasteiger partial charge in [0.15, 0.2) is 0 Å². The van der Waals surface area contributed by atoms with E-state index in [2.05, 4.69) is 6.07 Å². The summed E-state index contributed by atoms with van der Waals surface area (Å²) in [6.45, 7) is 1.77. The zero-order valence-corrected chi connectivity index (χ0v) is 17.2. The van der Waals surface area contributed by atoms with E-state index >= 15 is 0 Å². The number of nitriles is 1. The molecule has 1 amide bonds. The Morgan fingerprint density at radius 1 is 1.12 bits per heavy atom. The lowest BCUT2D eigenvalue weighted by molar-refractivity contribution is 0.0416. The Kier molecular flexibility index (Phi) is 5.11. The monoisotopic (exact) mass is 433 g/mol. The van der Waals surface area contributed by atoms with Gasteiger partial charge in [0.25, 0.3) is 5.56 Å². The van der Waals surface area contributed by atoms with E-state index in [1.54, 1.807) is 35.2 Å². The van der Waals surface area contributed by atoms with Crippen LogP contribution in [0.15, 0.2) is 47.3 Å². The first kappa shape index (κ1) is 20.2. The zero-order chi connectivity index (χ0) is 22.2. The number of benzene rings is 2. The fraction of sp³-hybridized carbons (Fsp3) is 0.292. The Balaban J connectivity index is 1.68.